The topological polar surface area (TPSA) is 52.6 Å². The zero-order valence-electron chi connectivity index (χ0n) is 35.0. The number of hydrogen-bond donors (Lipinski definition) is 0. The first-order chi connectivity index (χ1) is 28.3. The molecule has 0 aromatic heterocycles. The van der Waals surface area contributed by atoms with Gasteiger partial charge in [0.05, 0.1) is 13.2 Å². The van der Waals surface area contributed by atoms with Gasteiger partial charge in [0.2, 0.25) is 0 Å². The Hall–Kier alpha value is -6.26. The molecule has 4 nitrogen and oxygen atoms in total. The molecule has 8 rings (SSSR count). The van der Waals surface area contributed by atoms with Crippen LogP contribution in [0.2, 0.25) is 0 Å². The van der Waals surface area contributed by atoms with Gasteiger partial charge >= 0.3 is 11.9 Å². The summed E-state index contributed by atoms with van der Waals surface area (Å²) in [6.07, 6.45) is 5.03. The average Bonchev–Trinajstić information content (AvgIpc) is 3.50. The van der Waals surface area contributed by atoms with Gasteiger partial charge in [0, 0.05) is 16.6 Å². The van der Waals surface area contributed by atoms with Crippen molar-refractivity contribution in [3.8, 4) is 33.4 Å². The van der Waals surface area contributed by atoms with Crippen LogP contribution in [0.25, 0.3) is 65.7 Å². The molecule has 0 fully saturated rings. The van der Waals surface area contributed by atoms with Gasteiger partial charge in [-0.15, -0.1) is 6.58 Å². The van der Waals surface area contributed by atoms with Crippen molar-refractivity contribution in [1.82, 2.24) is 0 Å². The molecule has 1 aliphatic carbocycles. The van der Waals surface area contributed by atoms with Crippen molar-refractivity contribution in [3.05, 3.63) is 168 Å². The molecule has 0 bridgehead atoms. The highest BCUT2D eigenvalue weighted by atomic mass is 16.5. The second kappa shape index (κ2) is 15.5. The molecule has 1 atom stereocenters. The first-order valence-electron chi connectivity index (χ1n) is 20.7. The lowest BCUT2D eigenvalue weighted by Gasteiger charge is -2.29. The maximum atomic E-state index is 12.4. The Kier molecular flexibility index (Phi) is 10.4. The van der Waals surface area contributed by atoms with E-state index in [1.54, 1.807) is 13.8 Å². The number of hydrogen-bond acceptors (Lipinski definition) is 4. The number of fused-ring (bicyclic) bond motifs is 3. The smallest absolute Gasteiger partial charge is 0.333 e. The Morgan fingerprint density at radius 3 is 1.75 bits per heavy atom. The SMILES string of the molecule is C=CC1(CCCOC(=O)C(=C)C)c2cc(-c3ccc(CCCOC(=O)C(=C)C)cc3)ccc2-c2ccc(-c3ccc4ccc5cc(C(C)(C)C)cc6ccc3c4c56)cc21. The Bertz CT molecular complexity index is 2790. The first kappa shape index (κ1) is 39.6. The maximum absolute atomic E-state index is 12.4. The van der Waals surface area contributed by atoms with Crippen LogP contribution >= 0.6 is 0 Å². The Balaban J connectivity index is 1.17. The monoisotopic (exact) mass is 776 g/mol. The summed E-state index contributed by atoms with van der Waals surface area (Å²) < 4.78 is 10.9. The normalized spacial score (nSPS) is 14.7. The number of aryl methyl sites for hydroxylation is 1. The average molecular weight is 777 g/mol. The Morgan fingerprint density at radius 1 is 0.610 bits per heavy atom. The van der Waals surface area contributed by atoms with Gasteiger partial charge in [0.1, 0.15) is 0 Å². The predicted molar refractivity (Wildman–Crippen MR) is 245 cm³/mol. The highest BCUT2D eigenvalue weighted by Crippen LogP contribution is 2.54. The van der Waals surface area contributed by atoms with Crippen LogP contribution in [0.5, 0.6) is 0 Å². The molecule has 1 aliphatic rings. The third kappa shape index (κ3) is 7.26. The quantitative estimate of drug-likeness (QED) is 0.0385. The minimum atomic E-state index is -0.513. The van der Waals surface area contributed by atoms with Gasteiger partial charge < -0.3 is 9.47 Å². The highest BCUT2D eigenvalue weighted by molar-refractivity contribution is 6.25. The van der Waals surface area contributed by atoms with E-state index in [1.807, 2.05) is 0 Å². The second-order valence-electron chi connectivity index (χ2n) is 17.4. The molecule has 1 unspecified atom stereocenters. The van der Waals surface area contributed by atoms with Gasteiger partial charge in [-0.2, -0.15) is 0 Å². The molecule has 0 radical (unpaired) electrons. The summed E-state index contributed by atoms with van der Waals surface area (Å²) in [5.41, 5.74) is 12.3. The molecule has 7 aromatic rings. The molecule has 0 saturated carbocycles. The summed E-state index contributed by atoms with van der Waals surface area (Å²) in [6, 6.07) is 40.8. The third-order valence-electron chi connectivity index (χ3n) is 12.2. The first-order valence-corrected chi connectivity index (χ1v) is 20.7. The molecule has 296 valence electrons. The molecular weight excluding hydrogens is 725 g/mol. The lowest BCUT2D eigenvalue weighted by Crippen LogP contribution is -2.23. The van der Waals surface area contributed by atoms with Crippen LogP contribution in [0.3, 0.4) is 0 Å². The fraction of sp³-hybridized carbons (Fsp3) is 0.236. The predicted octanol–water partition coefficient (Wildman–Crippen LogP) is 13.6. The van der Waals surface area contributed by atoms with Gasteiger partial charge in [-0.3, -0.25) is 0 Å². The number of esters is 2. The van der Waals surface area contributed by atoms with Crippen LogP contribution in [0.1, 0.15) is 76.1 Å². The molecule has 0 amide bonds. The van der Waals surface area contributed by atoms with Crippen LogP contribution in [-0.2, 0) is 36.3 Å². The number of rotatable bonds is 13. The number of carbonyl (C=O) groups is 2. The van der Waals surface area contributed by atoms with Gasteiger partial charge in [0.25, 0.3) is 0 Å². The summed E-state index contributed by atoms with van der Waals surface area (Å²) in [7, 11) is 0. The van der Waals surface area contributed by atoms with Crippen LogP contribution in [0, 0.1) is 0 Å². The summed E-state index contributed by atoms with van der Waals surface area (Å²) in [6.45, 7) is 22.7. The van der Waals surface area contributed by atoms with Crippen molar-refractivity contribution in [3.63, 3.8) is 0 Å². The summed E-state index contributed by atoms with van der Waals surface area (Å²) in [5.74, 6) is -0.713. The molecule has 7 aromatic carbocycles. The largest absolute Gasteiger partial charge is 0.462 e. The number of benzene rings is 7. The van der Waals surface area contributed by atoms with Crippen LogP contribution in [-0.4, -0.2) is 25.2 Å². The van der Waals surface area contributed by atoms with Crippen molar-refractivity contribution in [2.45, 2.75) is 71.1 Å². The molecule has 4 heteroatoms. The summed E-state index contributed by atoms with van der Waals surface area (Å²) in [4.78, 5) is 24.1. The van der Waals surface area contributed by atoms with E-state index in [0.717, 1.165) is 36.0 Å². The highest BCUT2D eigenvalue weighted by Gasteiger charge is 2.41. The van der Waals surface area contributed by atoms with Crippen LogP contribution in [0.4, 0.5) is 0 Å². The van der Waals surface area contributed by atoms with E-state index in [-0.39, 0.29) is 17.4 Å². The van der Waals surface area contributed by atoms with Crippen molar-refractivity contribution in [2.24, 2.45) is 0 Å². The fourth-order valence-corrected chi connectivity index (χ4v) is 8.95. The van der Waals surface area contributed by atoms with Gasteiger partial charge in [0.15, 0.2) is 0 Å². The number of allylic oxidation sites excluding steroid dienone is 1. The fourth-order valence-electron chi connectivity index (χ4n) is 8.95. The zero-order valence-corrected chi connectivity index (χ0v) is 35.0. The van der Waals surface area contributed by atoms with Crippen molar-refractivity contribution in [2.75, 3.05) is 13.2 Å². The molecule has 0 spiro atoms. The van der Waals surface area contributed by atoms with E-state index >= 15 is 0 Å². The lowest BCUT2D eigenvalue weighted by atomic mass is 9.73. The van der Waals surface area contributed by atoms with Gasteiger partial charge in [-0.05, 0) is 145 Å². The van der Waals surface area contributed by atoms with E-state index in [4.69, 9.17) is 9.47 Å². The van der Waals surface area contributed by atoms with Crippen molar-refractivity contribution >= 4 is 44.3 Å². The van der Waals surface area contributed by atoms with Gasteiger partial charge in [-0.25, -0.2) is 9.59 Å². The van der Waals surface area contributed by atoms with Crippen molar-refractivity contribution in [1.29, 1.82) is 0 Å². The number of carbonyl (C=O) groups excluding carboxylic acids is 2. The zero-order chi connectivity index (χ0) is 41.6. The minimum absolute atomic E-state index is 0.0535. The van der Waals surface area contributed by atoms with Crippen LogP contribution in [0.15, 0.2) is 146 Å². The Labute approximate surface area is 348 Å². The van der Waals surface area contributed by atoms with E-state index in [1.165, 1.54) is 71.3 Å². The summed E-state index contributed by atoms with van der Waals surface area (Å²) >= 11 is 0. The van der Waals surface area contributed by atoms with Crippen molar-refractivity contribution < 1.29 is 19.1 Å². The third-order valence-corrected chi connectivity index (χ3v) is 12.2. The maximum Gasteiger partial charge on any atom is 0.333 e. The van der Waals surface area contributed by atoms with E-state index in [2.05, 4.69) is 156 Å². The van der Waals surface area contributed by atoms with E-state index < -0.39 is 5.41 Å². The molecule has 0 N–H and O–H groups in total. The Morgan fingerprint density at radius 2 is 1.14 bits per heavy atom. The standard InChI is InChI=1S/C55H52O4/c1-9-55(27-11-29-59-53(57)35(4)5)48-32-39(37-15-13-36(14-16-37)12-10-28-58-52(56)34(2)3)20-24-45(48)46-25-21-40(33-49(46)55)44-23-19-38-17-18-41-30-43(54(6,7)8)31-42-22-26-47(44)51(38)50(41)42/h9,13-26,30-33H,1-2,4,10-12,27-29H2,3,5-8H3. The van der Waals surface area contributed by atoms with Gasteiger partial charge in [-0.1, -0.05) is 137 Å². The molecular formula is C55H52O4. The molecule has 0 saturated heterocycles. The number of ether oxygens (including phenoxy) is 2. The molecule has 59 heavy (non-hydrogen) atoms. The summed E-state index contributed by atoms with van der Waals surface area (Å²) in [5, 5.41) is 7.66. The van der Waals surface area contributed by atoms with E-state index in [0.29, 0.717) is 30.8 Å². The van der Waals surface area contributed by atoms with Crippen LogP contribution < -0.4 is 0 Å². The minimum Gasteiger partial charge on any atom is -0.462 e. The second-order valence-corrected chi connectivity index (χ2v) is 17.4. The molecule has 0 aliphatic heterocycles. The van der Waals surface area contributed by atoms with E-state index in [9.17, 15) is 9.59 Å². The molecule has 0 heterocycles. The lowest BCUT2D eigenvalue weighted by molar-refractivity contribution is -0.139.